The van der Waals surface area contributed by atoms with Crippen LogP contribution < -0.4 is 20.7 Å². The van der Waals surface area contributed by atoms with Crippen molar-refractivity contribution in [1.29, 1.82) is 0 Å². The molecule has 0 atom stereocenters. The normalized spacial score (nSPS) is 13.5. The third kappa shape index (κ3) is 9.28. The molecule has 1 saturated carbocycles. The van der Waals surface area contributed by atoms with Crippen molar-refractivity contribution in [3.05, 3.63) is 23.8 Å². The maximum atomic E-state index is 11.3. The Labute approximate surface area is 178 Å². The average Bonchev–Trinajstić information content (AvgIpc) is 3.44. The lowest BCUT2D eigenvalue weighted by atomic mass is 10.2. The number of hydrogen-bond donors (Lipinski definition) is 3. The average molecular weight is 490 g/mol. The van der Waals surface area contributed by atoms with Crippen LogP contribution in [0.25, 0.3) is 0 Å². The van der Waals surface area contributed by atoms with Crippen molar-refractivity contribution < 1.29 is 14.3 Å². The van der Waals surface area contributed by atoms with Gasteiger partial charge in [0, 0.05) is 40.3 Å². The Morgan fingerprint density at radius 1 is 1.30 bits per heavy atom. The Balaban J connectivity index is 0.00000364. The van der Waals surface area contributed by atoms with E-state index in [9.17, 15) is 4.79 Å². The Kier molecular flexibility index (Phi) is 11.1. The van der Waals surface area contributed by atoms with Crippen molar-refractivity contribution in [2.75, 3.05) is 39.2 Å². The molecular formula is C19H31IN4O3. The quantitative estimate of drug-likeness (QED) is 0.203. The molecule has 27 heavy (non-hydrogen) atoms. The van der Waals surface area contributed by atoms with Crippen LogP contribution in [0.5, 0.6) is 5.75 Å². The highest BCUT2D eigenvalue weighted by atomic mass is 127. The summed E-state index contributed by atoms with van der Waals surface area (Å²) in [6.45, 7) is 4.56. The van der Waals surface area contributed by atoms with Crippen molar-refractivity contribution in [2.24, 2.45) is 10.9 Å². The maximum Gasteiger partial charge on any atom is 0.221 e. The molecule has 0 aliphatic heterocycles. The van der Waals surface area contributed by atoms with Crippen molar-refractivity contribution >= 4 is 41.5 Å². The predicted octanol–water partition coefficient (Wildman–Crippen LogP) is 2.75. The van der Waals surface area contributed by atoms with Gasteiger partial charge in [-0.1, -0.05) is 6.07 Å². The summed E-state index contributed by atoms with van der Waals surface area (Å²) in [6.07, 6.45) is 3.59. The van der Waals surface area contributed by atoms with Crippen LogP contribution in [0.1, 0.15) is 31.7 Å². The van der Waals surface area contributed by atoms with Crippen molar-refractivity contribution in [3.63, 3.8) is 0 Å². The molecule has 1 amide bonds. The summed E-state index contributed by atoms with van der Waals surface area (Å²) in [5.41, 5.74) is 1.68. The first-order valence-electron chi connectivity index (χ1n) is 9.09. The molecule has 1 fully saturated rings. The van der Waals surface area contributed by atoms with Gasteiger partial charge >= 0.3 is 0 Å². The highest BCUT2D eigenvalue weighted by Crippen LogP contribution is 2.28. The highest BCUT2D eigenvalue weighted by molar-refractivity contribution is 14.0. The molecule has 0 spiro atoms. The Hall–Kier alpha value is -1.55. The zero-order valence-corrected chi connectivity index (χ0v) is 18.7. The van der Waals surface area contributed by atoms with E-state index < -0.39 is 0 Å². The largest absolute Gasteiger partial charge is 0.495 e. The van der Waals surface area contributed by atoms with Crippen LogP contribution in [-0.4, -0.2) is 45.8 Å². The van der Waals surface area contributed by atoms with Gasteiger partial charge in [-0.2, -0.15) is 0 Å². The van der Waals surface area contributed by atoms with Crippen LogP contribution in [0.4, 0.5) is 5.69 Å². The van der Waals surface area contributed by atoms with E-state index in [1.165, 1.54) is 19.8 Å². The number of hydrogen-bond acceptors (Lipinski definition) is 4. The molecule has 2 rings (SSSR count). The molecule has 7 nitrogen and oxygen atoms in total. The number of anilines is 1. The van der Waals surface area contributed by atoms with Crippen molar-refractivity contribution in [3.8, 4) is 5.75 Å². The minimum Gasteiger partial charge on any atom is -0.495 e. The van der Waals surface area contributed by atoms with Gasteiger partial charge in [0.05, 0.1) is 12.8 Å². The van der Waals surface area contributed by atoms with Gasteiger partial charge in [0.25, 0.3) is 0 Å². The molecule has 0 aromatic heterocycles. The van der Waals surface area contributed by atoms with Crippen LogP contribution in [-0.2, 0) is 16.1 Å². The lowest BCUT2D eigenvalue weighted by molar-refractivity contribution is -0.114. The Morgan fingerprint density at radius 3 is 2.70 bits per heavy atom. The fraction of sp³-hybridized carbons (Fsp3) is 0.579. The zero-order chi connectivity index (χ0) is 18.8. The fourth-order valence-electron chi connectivity index (χ4n) is 2.47. The first-order valence-corrected chi connectivity index (χ1v) is 9.09. The van der Waals surface area contributed by atoms with E-state index in [1.807, 2.05) is 18.2 Å². The van der Waals surface area contributed by atoms with E-state index in [1.54, 1.807) is 14.2 Å². The molecule has 3 N–H and O–H groups in total. The second-order valence-electron chi connectivity index (χ2n) is 6.44. The summed E-state index contributed by atoms with van der Waals surface area (Å²) in [5.74, 6) is 2.06. The molecule has 0 unspecified atom stereocenters. The third-order valence-corrected chi connectivity index (χ3v) is 4.07. The molecule has 0 radical (unpaired) electrons. The third-order valence-electron chi connectivity index (χ3n) is 4.07. The number of methoxy groups -OCH3 is 1. The number of nitrogens with zero attached hydrogens (tertiary/aromatic N) is 1. The van der Waals surface area contributed by atoms with Gasteiger partial charge in [0.2, 0.25) is 5.91 Å². The number of rotatable bonds is 10. The fourth-order valence-corrected chi connectivity index (χ4v) is 2.47. The zero-order valence-electron chi connectivity index (χ0n) is 16.3. The molecule has 1 aliphatic carbocycles. The molecule has 1 aromatic rings. The molecule has 1 aliphatic rings. The van der Waals surface area contributed by atoms with Gasteiger partial charge in [-0.15, -0.1) is 24.0 Å². The first kappa shape index (κ1) is 23.5. The first-order chi connectivity index (χ1) is 12.6. The minimum absolute atomic E-state index is 0. The number of carbonyl (C=O) groups is 1. The van der Waals surface area contributed by atoms with Crippen molar-refractivity contribution in [2.45, 2.75) is 32.7 Å². The van der Waals surface area contributed by atoms with Crippen LogP contribution in [0.3, 0.4) is 0 Å². The van der Waals surface area contributed by atoms with E-state index in [0.717, 1.165) is 43.6 Å². The van der Waals surface area contributed by atoms with Gasteiger partial charge in [0.15, 0.2) is 5.96 Å². The summed E-state index contributed by atoms with van der Waals surface area (Å²) >= 11 is 0. The summed E-state index contributed by atoms with van der Waals surface area (Å²) in [5, 5.41) is 9.33. The Bertz CT molecular complexity index is 621. The number of guanidine groups is 1. The molecule has 8 heteroatoms. The van der Waals surface area contributed by atoms with Crippen molar-refractivity contribution in [1.82, 2.24) is 10.6 Å². The standard InChI is InChI=1S/C19H30N4O3.HI/c1-14(24)23-17-11-16(7-8-18(17)25-3)12-22-19(20-2)21-9-4-10-26-13-15-5-6-15;/h7-8,11,15H,4-6,9-10,12-13H2,1-3H3,(H,23,24)(H2,20,21,22);1H. The molecule has 152 valence electrons. The summed E-state index contributed by atoms with van der Waals surface area (Å²) in [4.78, 5) is 15.5. The van der Waals surface area contributed by atoms with Gasteiger partial charge in [0.1, 0.15) is 5.75 Å². The van der Waals surface area contributed by atoms with Crippen LogP contribution in [0.15, 0.2) is 23.2 Å². The van der Waals surface area contributed by atoms with Crippen LogP contribution >= 0.6 is 24.0 Å². The molecule has 0 bridgehead atoms. The molecule has 0 saturated heterocycles. The lowest BCUT2D eigenvalue weighted by Gasteiger charge is -2.14. The number of ether oxygens (including phenoxy) is 2. The number of carbonyl (C=O) groups excluding carboxylic acids is 1. The number of aliphatic imine (C=N–C) groups is 1. The Morgan fingerprint density at radius 2 is 2.07 bits per heavy atom. The van der Waals surface area contributed by atoms with Gasteiger partial charge < -0.3 is 25.4 Å². The lowest BCUT2D eigenvalue weighted by Crippen LogP contribution is -2.37. The second-order valence-corrected chi connectivity index (χ2v) is 6.44. The van der Waals surface area contributed by atoms with Crippen LogP contribution in [0.2, 0.25) is 0 Å². The number of nitrogens with one attached hydrogen (secondary N) is 3. The van der Waals surface area contributed by atoms with Gasteiger partial charge in [-0.05, 0) is 42.9 Å². The number of amides is 1. The number of halogens is 1. The smallest absolute Gasteiger partial charge is 0.221 e. The SMILES string of the molecule is CN=C(NCCCOCC1CC1)NCc1ccc(OC)c(NC(C)=O)c1.I. The number of benzene rings is 1. The monoisotopic (exact) mass is 490 g/mol. The summed E-state index contributed by atoms with van der Waals surface area (Å²) < 4.78 is 10.9. The van der Waals surface area contributed by atoms with E-state index in [0.29, 0.717) is 18.0 Å². The van der Waals surface area contributed by atoms with Crippen LogP contribution in [0, 0.1) is 5.92 Å². The van der Waals surface area contributed by atoms with E-state index >= 15 is 0 Å². The minimum atomic E-state index is -0.130. The van der Waals surface area contributed by atoms with Gasteiger partial charge in [-0.25, -0.2) is 0 Å². The summed E-state index contributed by atoms with van der Waals surface area (Å²) in [6, 6.07) is 5.69. The topological polar surface area (TPSA) is 84.0 Å². The maximum absolute atomic E-state index is 11.3. The van der Waals surface area contributed by atoms with E-state index in [4.69, 9.17) is 9.47 Å². The van der Waals surface area contributed by atoms with E-state index in [-0.39, 0.29) is 29.9 Å². The predicted molar refractivity (Wildman–Crippen MR) is 119 cm³/mol. The highest BCUT2D eigenvalue weighted by Gasteiger charge is 2.20. The molecule has 1 aromatic carbocycles. The van der Waals surface area contributed by atoms with Gasteiger partial charge in [-0.3, -0.25) is 9.79 Å². The molecule has 0 heterocycles. The van der Waals surface area contributed by atoms with E-state index in [2.05, 4.69) is 20.9 Å². The summed E-state index contributed by atoms with van der Waals surface area (Å²) in [7, 11) is 3.33. The second kappa shape index (κ2) is 12.8. The molecular weight excluding hydrogens is 459 g/mol.